The van der Waals surface area contributed by atoms with Gasteiger partial charge in [0.1, 0.15) is 0 Å². The maximum Gasteiger partial charge on any atom is 0.163 e. The van der Waals surface area contributed by atoms with Crippen LogP contribution in [0.4, 0.5) is 5.69 Å². The van der Waals surface area contributed by atoms with E-state index < -0.39 is 0 Å². The van der Waals surface area contributed by atoms with Crippen LogP contribution in [0, 0.1) is 11.8 Å². The van der Waals surface area contributed by atoms with Crippen molar-refractivity contribution in [3.63, 3.8) is 0 Å². The van der Waals surface area contributed by atoms with E-state index in [0.29, 0.717) is 18.0 Å². The fourth-order valence-electron chi connectivity index (χ4n) is 4.38. The van der Waals surface area contributed by atoms with Crippen molar-refractivity contribution >= 4 is 11.5 Å². The van der Waals surface area contributed by atoms with Crippen LogP contribution >= 0.6 is 0 Å². The molecule has 4 rings (SSSR count). The van der Waals surface area contributed by atoms with Gasteiger partial charge in [-0.3, -0.25) is 4.79 Å². The fourth-order valence-corrected chi connectivity index (χ4v) is 4.38. The predicted octanol–water partition coefficient (Wildman–Crippen LogP) is 3.08. The highest BCUT2D eigenvalue weighted by Crippen LogP contribution is 2.58. The zero-order valence-electron chi connectivity index (χ0n) is 10.4. The van der Waals surface area contributed by atoms with E-state index in [9.17, 15) is 4.79 Å². The van der Waals surface area contributed by atoms with Gasteiger partial charge in [-0.1, -0.05) is 18.2 Å². The second-order valence-electron chi connectivity index (χ2n) is 6.08. The van der Waals surface area contributed by atoms with Crippen molar-refractivity contribution in [2.75, 3.05) is 5.73 Å². The molecule has 1 aromatic rings. The number of anilines is 1. The number of nitrogen functional groups attached to an aromatic ring is 1. The lowest BCUT2D eigenvalue weighted by Gasteiger charge is -2.40. The minimum atomic E-state index is 0.232. The minimum Gasteiger partial charge on any atom is -0.399 e. The summed E-state index contributed by atoms with van der Waals surface area (Å²) in [4.78, 5) is 12.1. The Bertz CT molecular complexity index is 574. The van der Waals surface area contributed by atoms with Crippen LogP contribution in [0.2, 0.25) is 0 Å². The molecule has 0 aromatic heterocycles. The van der Waals surface area contributed by atoms with E-state index >= 15 is 0 Å². The lowest BCUT2D eigenvalue weighted by atomic mass is 9.63. The van der Waals surface area contributed by atoms with Gasteiger partial charge in [0.15, 0.2) is 5.78 Å². The largest absolute Gasteiger partial charge is 0.399 e. The van der Waals surface area contributed by atoms with Crippen molar-refractivity contribution in [1.82, 2.24) is 0 Å². The van der Waals surface area contributed by atoms with Gasteiger partial charge in [0.05, 0.1) is 0 Å². The fraction of sp³-hybridized carbons (Fsp3) is 0.438. The van der Waals surface area contributed by atoms with Crippen LogP contribution in [0.3, 0.4) is 0 Å². The van der Waals surface area contributed by atoms with Gasteiger partial charge in [-0.15, -0.1) is 0 Å². The summed E-state index contributed by atoms with van der Waals surface area (Å²) in [5.41, 5.74) is 8.94. The molecule has 0 saturated heterocycles. The molecule has 3 unspecified atom stereocenters. The van der Waals surface area contributed by atoms with E-state index in [1.54, 1.807) is 0 Å². The van der Waals surface area contributed by atoms with E-state index in [4.69, 9.17) is 5.73 Å². The highest BCUT2D eigenvalue weighted by Gasteiger charge is 2.51. The zero-order chi connectivity index (χ0) is 12.3. The molecule has 0 heterocycles. The van der Waals surface area contributed by atoms with Crippen molar-refractivity contribution in [2.24, 2.45) is 11.8 Å². The first-order chi connectivity index (χ1) is 8.69. The van der Waals surface area contributed by atoms with E-state index in [-0.39, 0.29) is 11.2 Å². The van der Waals surface area contributed by atoms with Gasteiger partial charge < -0.3 is 5.73 Å². The SMILES string of the molecule is Nc1ccc2c(c1)C(=O)CCC21CC2C=CC1C2. The van der Waals surface area contributed by atoms with Gasteiger partial charge in [0.25, 0.3) is 0 Å². The number of benzene rings is 1. The molecule has 0 aliphatic heterocycles. The maximum absolute atomic E-state index is 12.1. The molecule has 1 spiro atoms. The Hall–Kier alpha value is -1.57. The maximum atomic E-state index is 12.1. The van der Waals surface area contributed by atoms with E-state index in [2.05, 4.69) is 18.2 Å². The van der Waals surface area contributed by atoms with Crippen LogP contribution in [0.15, 0.2) is 30.4 Å². The van der Waals surface area contributed by atoms with Gasteiger partial charge in [0.2, 0.25) is 0 Å². The predicted molar refractivity (Wildman–Crippen MR) is 71.5 cm³/mol. The topological polar surface area (TPSA) is 43.1 Å². The number of Topliss-reactive ketones (excluding diaryl/α,β-unsaturated/α-hetero) is 1. The summed E-state index contributed by atoms with van der Waals surface area (Å²) in [5.74, 6) is 1.64. The number of ketones is 1. The average Bonchev–Trinajstić information content (AvgIpc) is 2.95. The lowest BCUT2D eigenvalue weighted by molar-refractivity contribution is 0.0944. The highest BCUT2D eigenvalue weighted by atomic mass is 16.1. The summed E-state index contributed by atoms with van der Waals surface area (Å²) in [5, 5.41) is 0. The second kappa shape index (κ2) is 3.25. The van der Waals surface area contributed by atoms with Crippen LogP contribution in [0.5, 0.6) is 0 Å². The molecular formula is C16H17NO. The number of rotatable bonds is 0. The Morgan fingerprint density at radius 3 is 2.89 bits per heavy atom. The summed E-state index contributed by atoms with van der Waals surface area (Å²) < 4.78 is 0. The summed E-state index contributed by atoms with van der Waals surface area (Å²) in [6.45, 7) is 0. The first-order valence-corrected chi connectivity index (χ1v) is 6.80. The van der Waals surface area contributed by atoms with Crippen molar-refractivity contribution in [3.05, 3.63) is 41.5 Å². The summed E-state index contributed by atoms with van der Waals surface area (Å²) in [7, 11) is 0. The quantitative estimate of drug-likeness (QED) is 0.558. The first kappa shape index (κ1) is 10.4. The summed E-state index contributed by atoms with van der Waals surface area (Å²) in [6, 6.07) is 5.94. The molecule has 3 aliphatic carbocycles. The van der Waals surface area contributed by atoms with Crippen LogP contribution in [0.1, 0.15) is 41.6 Å². The molecule has 3 atom stereocenters. The van der Waals surface area contributed by atoms with Gasteiger partial charge in [-0.2, -0.15) is 0 Å². The molecule has 2 bridgehead atoms. The number of nitrogens with two attached hydrogens (primary N) is 1. The molecule has 92 valence electrons. The Morgan fingerprint density at radius 1 is 1.28 bits per heavy atom. The Kier molecular flexibility index (Phi) is 1.87. The average molecular weight is 239 g/mol. The zero-order valence-corrected chi connectivity index (χ0v) is 10.4. The summed E-state index contributed by atoms with van der Waals surface area (Å²) >= 11 is 0. The minimum absolute atomic E-state index is 0.232. The number of carbonyl (C=O) groups excluding carboxylic acids is 1. The number of allylic oxidation sites excluding steroid dienone is 2. The van der Waals surface area contributed by atoms with Gasteiger partial charge in [-0.25, -0.2) is 0 Å². The lowest BCUT2D eigenvalue weighted by Crippen LogP contribution is -2.36. The Balaban J connectivity index is 1.92. The molecule has 18 heavy (non-hydrogen) atoms. The van der Waals surface area contributed by atoms with Crippen molar-refractivity contribution in [1.29, 1.82) is 0 Å². The van der Waals surface area contributed by atoms with E-state index in [0.717, 1.165) is 17.9 Å². The summed E-state index contributed by atoms with van der Waals surface area (Å²) in [6.07, 6.45) is 8.95. The van der Waals surface area contributed by atoms with E-state index in [1.165, 1.54) is 18.4 Å². The van der Waals surface area contributed by atoms with Crippen LogP contribution in [-0.2, 0) is 5.41 Å². The molecule has 2 N–H and O–H groups in total. The molecule has 1 aromatic carbocycles. The number of fused-ring (bicyclic) bond motifs is 5. The molecular weight excluding hydrogens is 222 g/mol. The van der Waals surface area contributed by atoms with Crippen LogP contribution < -0.4 is 5.73 Å². The van der Waals surface area contributed by atoms with Crippen LogP contribution in [0.25, 0.3) is 0 Å². The van der Waals surface area contributed by atoms with E-state index in [1.807, 2.05) is 12.1 Å². The normalized spacial score (nSPS) is 36.3. The molecule has 0 amide bonds. The standard InChI is InChI=1S/C16H17NO/c17-12-3-4-14-13(8-12)15(18)5-6-16(14)9-10-1-2-11(16)7-10/h1-4,8,10-11H,5-7,9,17H2. The third-order valence-electron chi connectivity index (χ3n) is 5.19. The smallest absolute Gasteiger partial charge is 0.163 e. The molecule has 2 heteroatoms. The Labute approximate surface area is 107 Å². The van der Waals surface area contributed by atoms with Crippen molar-refractivity contribution in [3.8, 4) is 0 Å². The van der Waals surface area contributed by atoms with Gasteiger partial charge in [-0.05, 0) is 48.8 Å². The Morgan fingerprint density at radius 2 is 2.17 bits per heavy atom. The molecule has 1 saturated carbocycles. The molecule has 3 aliphatic rings. The number of hydrogen-bond acceptors (Lipinski definition) is 2. The first-order valence-electron chi connectivity index (χ1n) is 6.80. The van der Waals surface area contributed by atoms with Crippen molar-refractivity contribution < 1.29 is 4.79 Å². The number of carbonyl (C=O) groups is 1. The monoisotopic (exact) mass is 239 g/mol. The van der Waals surface area contributed by atoms with Gasteiger partial charge in [0, 0.05) is 23.1 Å². The number of hydrogen-bond donors (Lipinski definition) is 1. The third-order valence-corrected chi connectivity index (χ3v) is 5.19. The highest BCUT2D eigenvalue weighted by molar-refractivity contribution is 6.00. The van der Waals surface area contributed by atoms with Crippen molar-refractivity contribution in [2.45, 2.75) is 31.1 Å². The molecule has 1 fully saturated rings. The molecule has 2 nitrogen and oxygen atoms in total. The van der Waals surface area contributed by atoms with Crippen LogP contribution in [-0.4, -0.2) is 5.78 Å². The second-order valence-corrected chi connectivity index (χ2v) is 6.08. The molecule has 0 radical (unpaired) electrons. The van der Waals surface area contributed by atoms with Gasteiger partial charge >= 0.3 is 0 Å². The third kappa shape index (κ3) is 1.16.